The average Bonchev–Trinajstić information content (AvgIpc) is 2.29. The first-order chi connectivity index (χ1) is 7.68. The van der Waals surface area contributed by atoms with Crippen LogP contribution in [0.4, 0.5) is 0 Å². The zero-order valence-corrected chi connectivity index (χ0v) is 11.2. The summed E-state index contributed by atoms with van der Waals surface area (Å²) < 4.78 is 0. The van der Waals surface area contributed by atoms with Crippen LogP contribution < -0.4 is 11.1 Å². The Morgan fingerprint density at radius 1 is 1.25 bits per heavy atom. The molecule has 2 nitrogen and oxygen atoms in total. The van der Waals surface area contributed by atoms with E-state index in [1.165, 1.54) is 38.5 Å². The molecule has 0 radical (unpaired) electrons. The van der Waals surface area contributed by atoms with Crippen LogP contribution in [-0.4, -0.2) is 18.6 Å². The summed E-state index contributed by atoms with van der Waals surface area (Å²) in [7, 11) is 0. The van der Waals surface area contributed by atoms with Gasteiger partial charge in [0.05, 0.1) is 0 Å². The highest BCUT2D eigenvalue weighted by Crippen LogP contribution is 2.14. The Hall–Kier alpha value is -0.340. The Balaban J connectivity index is 3.65. The van der Waals surface area contributed by atoms with Crippen LogP contribution >= 0.6 is 0 Å². The van der Waals surface area contributed by atoms with Gasteiger partial charge in [0.1, 0.15) is 0 Å². The Morgan fingerprint density at radius 2 is 1.94 bits per heavy atom. The predicted octanol–water partition coefficient (Wildman–Crippen LogP) is 3.23. The fraction of sp³-hybridized carbons (Fsp3) is 0.857. The molecule has 3 N–H and O–H groups in total. The molecule has 0 aromatic rings. The normalized spacial score (nSPS) is 14.7. The molecule has 0 saturated heterocycles. The van der Waals surface area contributed by atoms with E-state index in [0.717, 1.165) is 19.5 Å². The SMILES string of the molecule is C=CCCNC(C)(CN)CCCCCCC. The molecule has 0 heterocycles. The molecule has 16 heavy (non-hydrogen) atoms. The van der Waals surface area contributed by atoms with Crippen molar-refractivity contribution < 1.29 is 0 Å². The number of hydrogen-bond donors (Lipinski definition) is 2. The van der Waals surface area contributed by atoms with Crippen molar-refractivity contribution in [1.29, 1.82) is 0 Å². The molecule has 0 rings (SSSR count). The quantitative estimate of drug-likeness (QED) is 0.419. The predicted molar refractivity (Wildman–Crippen MR) is 73.7 cm³/mol. The highest BCUT2D eigenvalue weighted by Gasteiger charge is 2.20. The van der Waals surface area contributed by atoms with Crippen LogP contribution in [0.3, 0.4) is 0 Å². The highest BCUT2D eigenvalue weighted by molar-refractivity contribution is 4.85. The van der Waals surface area contributed by atoms with Gasteiger partial charge in [-0.15, -0.1) is 6.58 Å². The summed E-state index contributed by atoms with van der Waals surface area (Å²) in [4.78, 5) is 0. The number of nitrogens with one attached hydrogen (secondary N) is 1. The van der Waals surface area contributed by atoms with Crippen LogP contribution in [0.25, 0.3) is 0 Å². The topological polar surface area (TPSA) is 38.0 Å². The molecule has 0 aromatic heterocycles. The van der Waals surface area contributed by atoms with Crippen molar-refractivity contribution in [3.8, 4) is 0 Å². The molecular formula is C14H30N2. The first-order valence-electron chi connectivity index (χ1n) is 6.74. The Morgan fingerprint density at radius 3 is 2.50 bits per heavy atom. The zero-order chi connectivity index (χ0) is 12.3. The van der Waals surface area contributed by atoms with Crippen LogP contribution in [0, 0.1) is 0 Å². The third-order valence-corrected chi connectivity index (χ3v) is 3.18. The standard InChI is InChI=1S/C14H30N2/c1-4-6-8-9-10-11-14(3,13-15)16-12-7-5-2/h5,16H,2,4,6-13,15H2,1,3H3. The van der Waals surface area contributed by atoms with E-state index in [9.17, 15) is 0 Å². The molecule has 0 aliphatic heterocycles. The molecule has 0 amide bonds. The first-order valence-corrected chi connectivity index (χ1v) is 6.74. The lowest BCUT2D eigenvalue weighted by atomic mass is 9.94. The van der Waals surface area contributed by atoms with Crippen molar-refractivity contribution in [2.45, 2.75) is 64.3 Å². The second-order valence-electron chi connectivity index (χ2n) is 4.93. The van der Waals surface area contributed by atoms with Gasteiger partial charge in [-0.05, 0) is 26.3 Å². The lowest BCUT2D eigenvalue weighted by molar-refractivity contribution is 0.329. The minimum absolute atomic E-state index is 0.120. The minimum Gasteiger partial charge on any atom is -0.329 e. The van der Waals surface area contributed by atoms with Crippen LogP contribution in [0.15, 0.2) is 12.7 Å². The van der Waals surface area contributed by atoms with Crippen molar-refractivity contribution in [3.63, 3.8) is 0 Å². The molecule has 0 bridgehead atoms. The molecular weight excluding hydrogens is 196 g/mol. The van der Waals surface area contributed by atoms with Gasteiger partial charge >= 0.3 is 0 Å². The monoisotopic (exact) mass is 226 g/mol. The van der Waals surface area contributed by atoms with E-state index in [2.05, 4.69) is 25.7 Å². The molecule has 2 heteroatoms. The van der Waals surface area contributed by atoms with Crippen molar-refractivity contribution in [3.05, 3.63) is 12.7 Å². The molecule has 1 atom stereocenters. The van der Waals surface area contributed by atoms with Crippen LogP contribution in [0.5, 0.6) is 0 Å². The highest BCUT2D eigenvalue weighted by atomic mass is 15.0. The smallest absolute Gasteiger partial charge is 0.0275 e. The van der Waals surface area contributed by atoms with E-state index in [4.69, 9.17) is 5.73 Å². The van der Waals surface area contributed by atoms with Crippen LogP contribution in [0.2, 0.25) is 0 Å². The molecule has 0 aromatic carbocycles. The third kappa shape index (κ3) is 7.89. The molecule has 1 unspecified atom stereocenters. The van der Waals surface area contributed by atoms with Crippen molar-refractivity contribution in [2.75, 3.05) is 13.1 Å². The van der Waals surface area contributed by atoms with E-state index in [1.807, 2.05) is 6.08 Å². The van der Waals surface area contributed by atoms with Gasteiger partial charge in [0.25, 0.3) is 0 Å². The summed E-state index contributed by atoms with van der Waals surface area (Å²) in [5, 5.41) is 3.54. The van der Waals surface area contributed by atoms with Crippen LogP contribution in [0.1, 0.15) is 58.8 Å². The molecule has 0 aliphatic carbocycles. The lowest BCUT2D eigenvalue weighted by Crippen LogP contribution is -2.48. The lowest BCUT2D eigenvalue weighted by Gasteiger charge is -2.29. The second kappa shape index (κ2) is 9.86. The van der Waals surface area contributed by atoms with Crippen LogP contribution in [-0.2, 0) is 0 Å². The van der Waals surface area contributed by atoms with E-state index < -0.39 is 0 Å². The molecule has 0 aliphatic rings. The van der Waals surface area contributed by atoms with Crippen molar-refractivity contribution >= 4 is 0 Å². The zero-order valence-electron chi connectivity index (χ0n) is 11.2. The van der Waals surface area contributed by atoms with E-state index >= 15 is 0 Å². The van der Waals surface area contributed by atoms with Gasteiger partial charge in [-0.1, -0.05) is 45.1 Å². The summed E-state index contributed by atoms with van der Waals surface area (Å²) in [5.74, 6) is 0. The van der Waals surface area contributed by atoms with Crippen molar-refractivity contribution in [1.82, 2.24) is 5.32 Å². The van der Waals surface area contributed by atoms with Crippen molar-refractivity contribution in [2.24, 2.45) is 5.73 Å². The summed E-state index contributed by atoms with van der Waals surface area (Å²) in [6.07, 6.45) is 10.8. The second-order valence-corrected chi connectivity index (χ2v) is 4.93. The Bertz CT molecular complexity index is 168. The summed E-state index contributed by atoms with van der Waals surface area (Å²) >= 11 is 0. The maximum Gasteiger partial charge on any atom is 0.0275 e. The number of nitrogens with two attached hydrogens (primary N) is 1. The maximum absolute atomic E-state index is 5.84. The van der Waals surface area contributed by atoms with Gasteiger partial charge in [0.15, 0.2) is 0 Å². The molecule has 0 saturated carbocycles. The molecule has 96 valence electrons. The maximum atomic E-state index is 5.84. The third-order valence-electron chi connectivity index (χ3n) is 3.18. The first kappa shape index (κ1) is 15.7. The van der Waals surface area contributed by atoms with Gasteiger partial charge in [-0.25, -0.2) is 0 Å². The Kier molecular flexibility index (Phi) is 9.65. The van der Waals surface area contributed by atoms with Gasteiger partial charge in [0.2, 0.25) is 0 Å². The fourth-order valence-electron chi connectivity index (χ4n) is 1.86. The van der Waals surface area contributed by atoms with E-state index in [0.29, 0.717) is 0 Å². The minimum atomic E-state index is 0.120. The average molecular weight is 226 g/mol. The largest absolute Gasteiger partial charge is 0.329 e. The molecule has 0 spiro atoms. The van der Waals surface area contributed by atoms with Gasteiger partial charge in [0, 0.05) is 12.1 Å². The summed E-state index contributed by atoms with van der Waals surface area (Å²) in [6, 6.07) is 0. The molecule has 0 fully saturated rings. The number of hydrogen-bond acceptors (Lipinski definition) is 2. The Labute approximate surface area is 102 Å². The van der Waals surface area contributed by atoms with E-state index in [1.54, 1.807) is 0 Å². The van der Waals surface area contributed by atoms with Gasteiger partial charge < -0.3 is 11.1 Å². The number of unbranched alkanes of at least 4 members (excludes halogenated alkanes) is 4. The van der Waals surface area contributed by atoms with Gasteiger partial charge in [-0.2, -0.15) is 0 Å². The summed E-state index contributed by atoms with van der Waals surface area (Å²) in [6.45, 7) is 9.93. The number of rotatable bonds is 11. The van der Waals surface area contributed by atoms with E-state index in [-0.39, 0.29) is 5.54 Å². The van der Waals surface area contributed by atoms with Gasteiger partial charge in [-0.3, -0.25) is 0 Å². The summed E-state index contributed by atoms with van der Waals surface area (Å²) in [5.41, 5.74) is 5.96. The fourth-order valence-corrected chi connectivity index (χ4v) is 1.86.